The quantitative estimate of drug-likeness (QED) is 0.485. The van der Waals surface area contributed by atoms with Gasteiger partial charge in [0.25, 0.3) is 0 Å². The standard InChI is InChI=1S/C10H16O2.2C2H6/c1-5-11-9(3)7-8-10(4)12-6-2;2*1-2/h7-8H,3-6H2,1-2H3;2*1-2H3/b8-7-;;. The lowest BCUT2D eigenvalue weighted by atomic mass is 10.4. The van der Waals surface area contributed by atoms with E-state index in [4.69, 9.17) is 9.47 Å². The molecule has 96 valence electrons. The van der Waals surface area contributed by atoms with Crippen LogP contribution in [0, 0.1) is 0 Å². The summed E-state index contributed by atoms with van der Waals surface area (Å²) in [7, 11) is 0. The zero-order valence-electron chi connectivity index (χ0n) is 11.8. The largest absolute Gasteiger partial charge is 0.495 e. The van der Waals surface area contributed by atoms with E-state index in [1.54, 1.807) is 12.2 Å². The molecule has 0 aromatic heterocycles. The summed E-state index contributed by atoms with van der Waals surface area (Å²) in [6.45, 7) is 20.4. The van der Waals surface area contributed by atoms with Crippen molar-refractivity contribution in [3.05, 3.63) is 36.8 Å². The monoisotopic (exact) mass is 228 g/mol. The summed E-state index contributed by atoms with van der Waals surface area (Å²) in [6.07, 6.45) is 3.48. The van der Waals surface area contributed by atoms with Gasteiger partial charge < -0.3 is 9.47 Å². The van der Waals surface area contributed by atoms with Crippen molar-refractivity contribution < 1.29 is 9.47 Å². The fraction of sp³-hybridized carbons (Fsp3) is 0.571. The Balaban J connectivity index is -0.000000376. The first-order chi connectivity index (χ1) is 7.70. The molecule has 0 spiro atoms. The summed E-state index contributed by atoms with van der Waals surface area (Å²) in [5.41, 5.74) is 0. The van der Waals surface area contributed by atoms with Crippen LogP contribution in [0.2, 0.25) is 0 Å². The fourth-order valence-electron chi connectivity index (χ4n) is 0.653. The predicted molar refractivity (Wildman–Crippen MR) is 73.4 cm³/mol. The van der Waals surface area contributed by atoms with Gasteiger partial charge in [-0.25, -0.2) is 0 Å². The molecule has 0 heterocycles. The Labute approximate surface area is 102 Å². The first-order valence-corrected chi connectivity index (χ1v) is 6.02. The summed E-state index contributed by atoms with van der Waals surface area (Å²) in [4.78, 5) is 0. The maximum atomic E-state index is 5.09. The van der Waals surface area contributed by atoms with E-state index in [1.165, 1.54) is 0 Å². The first-order valence-electron chi connectivity index (χ1n) is 6.02. The molecule has 0 N–H and O–H groups in total. The molecule has 0 aromatic carbocycles. The van der Waals surface area contributed by atoms with Gasteiger partial charge in [0.1, 0.15) is 11.5 Å². The van der Waals surface area contributed by atoms with Gasteiger partial charge in [0.15, 0.2) is 0 Å². The van der Waals surface area contributed by atoms with E-state index in [0.717, 1.165) is 0 Å². The van der Waals surface area contributed by atoms with Gasteiger partial charge >= 0.3 is 0 Å². The van der Waals surface area contributed by atoms with Gasteiger partial charge in [-0.05, 0) is 26.0 Å². The molecule has 2 nitrogen and oxygen atoms in total. The summed E-state index contributed by atoms with van der Waals surface area (Å²) < 4.78 is 10.2. The molecule has 0 aliphatic heterocycles. The average Bonchev–Trinajstić information content (AvgIpc) is 2.33. The lowest BCUT2D eigenvalue weighted by Crippen LogP contribution is -1.88. The minimum Gasteiger partial charge on any atom is -0.495 e. The van der Waals surface area contributed by atoms with Gasteiger partial charge in [0.05, 0.1) is 13.2 Å². The van der Waals surface area contributed by atoms with Crippen molar-refractivity contribution in [2.75, 3.05) is 13.2 Å². The lowest BCUT2D eigenvalue weighted by Gasteiger charge is -2.02. The van der Waals surface area contributed by atoms with Crippen molar-refractivity contribution in [2.45, 2.75) is 41.5 Å². The zero-order valence-corrected chi connectivity index (χ0v) is 11.8. The molecule has 0 fully saturated rings. The van der Waals surface area contributed by atoms with E-state index in [0.29, 0.717) is 24.7 Å². The number of hydrogen-bond acceptors (Lipinski definition) is 2. The SMILES string of the molecule is C=C(/C=C\C(=C)OCC)OCC.CC.CC. The van der Waals surface area contributed by atoms with Crippen LogP contribution in [0.15, 0.2) is 36.8 Å². The molecular formula is C14H28O2. The molecule has 16 heavy (non-hydrogen) atoms. The second-order valence-corrected chi connectivity index (χ2v) is 2.13. The van der Waals surface area contributed by atoms with Crippen molar-refractivity contribution in [1.29, 1.82) is 0 Å². The van der Waals surface area contributed by atoms with E-state index in [-0.39, 0.29) is 0 Å². The highest BCUT2D eigenvalue weighted by Gasteiger charge is 1.87. The van der Waals surface area contributed by atoms with E-state index >= 15 is 0 Å². The molecule has 0 saturated carbocycles. The van der Waals surface area contributed by atoms with Crippen molar-refractivity contribution in [3.8, 4) is 0 Å². The first kappa shape index (κ1) is 20.3. The third-order valence-electron chi connectivity index (χ3n) is 1.11. The molecule has 0 amide bonds. The van der Waals surface area contributed by atoms with E-state index in [1.807, 2.05) is 41.5 Å². The second-order valence-electron chi connectivity index (χ2n) is 2.13. The van der Waals surface area contributed by atoms with Crippen LogP contribution in [-0.2, 0) is 9.47 Å². The van der Waals surface area contributed by atoms with Crippen molar-refractivity contribution in [3.63, 3.8) is 0 Å². The summed E-state index contributed by atoms with van der Waals surface area (Å²) >= 11 is 0. The summed E-state index contributed by atoms with van der Waals surface area (Å²) in [5.74, 6) is 1.25. The Hall–Kier alpha value is -1.18. The van der Waals surface area contributed by atoms with Crippen LogP contribution in [0.3, 0.4) is 0 Å². The number of hydrogen-bond donors (Lipinski definition) is 0. The van der Waals surface area contributed by atoms with Crippen LogP contribution < -0.4 is 0 Å². The highest BCUT2D eigenvalue weighted by Crippen LogP contribution is 2.00. The van der Waals surface area contributed by atoms with Crippen LogP contribution >= 0.6 is 0 Å². The molecule has 0 rings (SSSR count). The molecule has 0 aromatic rings. The number of allylic oxidation sites excluding steroid dienone is 2. The van der Waals surface area contributed by atoms with E-state index < -0.39 is 0 Å². The molecular weight excluding hydrogens is 200 g/mol. The number of ether oxygens (including phenoxy) is 2. The third kappa shape index (κ3) is 18.6. The van der Waals surface area contributed by atoms with Crippen LogP contribution in [-0.4, -0.2) is 13.2 Å². The normalized spacial score (nSPS) is 8.12. The predicted octanol–water partition coefficient (Wildman–Crippen LogP) is 4.70. The smallest absolute Gasteiger partial charge is 0.112 e. The van der Waals surface area contributed by atoms with Gasteiger partial charge in [0.2, 0.25) is 0 Å². The molecule has 0 unspecified atom stereocenters. The Morgan fingerprint density at radius 3 is 1.25 bits per heavy atom. The van der Waals surface area contributed by atoms with Gasteiger partial charge in [-0.3, -0.25) is 0 Å². The molecule has 0 saturated heterocycles. The third-order valence-corrected chi connectivity index (χ3v) is 1.11. The minimum atomic E-state index is 0.623. The highest BCUT2D eigenvalue weighted by atomic mass is 16.5. The van der Waals surface area contributed by atoms with Gasteiger partial charge in [0, 0.05) is 0 Å². The molecule has 0 atom stereocenters. The van der Waals surface area contributed by atoms with E-state index in [9.17, 15) is 0 Å². The van der Waals surface area contributed by atoms with Crippen LogP contribution in [0.4, 0.5) is 0 Å². The lowest BCUT2D eigenvalue weighted by molar-refractivity contribution is 0.238. The summed E-state index contributed by atoms with van der Waals surface area (Å²) in [6, 6.07) is 0. The Morgan fingerprint density at radius 2 is 1.06 bits per heavy atom. The summed E-state index contributed by atoms with van der Waals surface area (Å²) in [5, 5.41) is 0. The van der Waals surface area contributed by atoms with Crippen molar-refractivity contribution >= 4 is 0 Å². The molecule has 0 aliphatic carbocycles. The van der Waals surface area contributed by atoms with Gasteiger partial charge in [-0.1, -0.05) is 40.9 Å². The van der Waals surface area contributed by atoms with Crippen LogP contribution in [0.1, 0.15) is 41.5 Å². The van der Waals surface area contributed by atoms with Gasteiger partial charge in [-0.15, -0.1) is 0 Å². The molecule has 2 heteroatoms. The van der Waals surface area contributed by atoms with Crippen LogP contribution in [0.25, 0.3) is 0 Å². The fourth-order valence-corrected chi connectivity index (χ4v) is 0.653. The number of rotatable bonds is 6. The Bertz CT molecular complexity index is 161. The maximum Gasteiger partial charge on any atom is 0.112 e. The second kappa shape index (κ2) is 19.4. The van der Waals surface area contributed by atoms with Gasteiger partial charge in [-0.2, -0.15) is 0 Å². The maximum absolute atomic E-state index is 5.09. The topological polar surface area (TPSA) is 18.5 Å². The molecule has 0 aliphatic rings. The zero-order chi connectivity index (χ0) is 13.4. The molecule has 0 bridgehead atoms. The Morgan fingerprint density at radius 1 is 0.812 bits per heavy atom. The minimum absolute atomic E-state index is 0.623. The van der Waals surface area contributed by atoms with Crippen molar-refractivity contribution in [1.82, 2.24) is 0 Å². The van der Waals surface area contributed by atoms with E-state index in [2.05, 4.69) is 13.2 Å². The molecule has 0 radical (unpaired) electrons. The van der Waals surface area contributed by atoms with Crippen LogP contribution in [0.5, 0.6) is 0 Å². The highest BCUT2D eigenvalue weighted by molar-refractivity contribution is 5.16. The average molecular weight is 228 g/mol. The van der Waals surface area contributed by atoms with Crippen molar-refractivity contribution in [2.24, 2.45) is 0 Å². The Kier molecular flexibility index (Phi) is 24.6.